The van der Waals surface area contributed by atoms with Gasteiger partial charge in [0.15, 0.2) is 0 Å². The zero-order valence-electron chi connectivity index (χ0n) is 11.7. The molecule has 2 nitrogen and oxygen atoms in total. The molecule has 1 aromatic carbocycles. The van der Waals surface area contributed by atoms with Gasteiger partial charge in [0.05, 0.1) is 11.6 Å². The summed E-state index contributed by atoms with van der Waals surface area (Å²) in [7, 11) is 0. The van der Waals surface area contributed by atoms with Crippen LogP contribution in [0.1, 0.15) is 17.2 Å². The van der Waals surface area contributed by atoms with Gasteiger partial charge in [-0.3, -0.25) is 4.90 Å². The summed E-state index contributed by atoms with van der Waals surface area (Å²) in [4.78, 5) is 1.92. The Morgan fingerprint density at radius 3 is 2.27 bits per heavy atom. The van der Waals surface area contributed by atoms with Crippen LogP contribution in [0.15, 0.2) is 30.9 Å². The molecule has 1 fully saturated rings. The predicted molar refractivity (Wildman–Crippen MR) is 83.3 cm³/mol. The highest BCUT2D eigenvalue weighted by molar-refractivity contribution is 5.85. The second-order valence-corrected chi connectivity index (χ2v) is 4.67. The number of rotatable bonds is 3. The van der Waals surface area contributed by atoms with E-state index in [1.807, 2.05) is 4.90 Å². The molecule has 1 aliphatic rings. The van der Waals surface area contributed by atoms with Crippen LogP contribution in [0.2, 0.25) is 0 Å². The van der Waals surface area contributed by atoms with E-state index in [0.29, 0.717) is 13.1 Å². The summed E-state index contributed by atoms with van der Waals surface area (Å²) in [6.45, 7) is 6.38. The van der Waals surface area contributed by atoms with Crippen molar-refractivity contribution in [2.45, 2.75) is 12.2 Å². The molecule has 8 heteroatoms. The minimum Gasteiger partial charge on any atom is -0.314 e. The van der Waals surface area contributed by atoms with Crippen molar-refractivity contribution < 1.29 is 17.6 Å². The minimum atomic E-state index is -4.69. The number of nitrogens with one attached hydrogen (secondary N) is 1. The number of nitrogens with zero attached hydrogens (tertiary/aromatic N) is 1. The van der Waals surface area contributed by atoms with E-state index in [1.54, 1.807) is 0 Å². The second kappa shape index (κ2) is 8.72. The highest BCUT2D eigenvalue weighted by Crippen LogP contribution is 2.35. The molecular formula is C14H18Cl2F4N2. The summed E-state index contributed by atoms with van der Waals surface area (Å²) < 4.78 is 52.4. The molecule has 0 radical (unpaired) electrons. The molecule has 1 N–H and O–H groups in total. The fourth-order valence-corrected chi connectivity index (χ4v) is 2.43. The van der Waals surface area contributed by atoms with Crippen LogP contribution in [0, 0.1) is 5.82 Å². The van der Waals surface area contributed by atoms with Crippen molar-refractivity contribution in [3.05, 3.63) is 47.8 Å². The maximum absolute atomic E-state index is 14.2. The Morgan fingerprint density at radius 2 is 1.77 bits per heavy atom. The molecule has 0 amide bonds. The quantitative estimate of drug-likeness (QED) is 0.651. The van der Waals surface area contributed by atoms with Crippen LogP contribution < -0.4 is 5.32 Å². The van der Waals surface area contributed by atoms with Gasteiger partial charge in [-0.1, -0.05) is 18.2 Å². The predicted octanol–water partition coefficient (Wildman–Crippen LogP) is 3.82. The Bertz CT molecular complexity index is 488. The lowest BCUT2D eigenvalue weighted by Gasteiger charge is -2.33. The topological polar surface area (TPSA) is 15.3 Å². The monoisotopic (exact) mass is 360 g/mol. The molecule has 1 heterocycles. The standard InChI is InChI=1S/C14H16F4N2.2ClH/c1-2-12(20-8-6-19-7-9-20)10-4-3-5-11(13(10)15)14(16,17)18;;/h2-5,12,19H,1,6-9H2;2*1H/t12-;;/m1../s1. The maximum atomic E-state index is 14.2. The van der Waals surface area contributed by atoms with Crippen molar-refractivity contribution >= 4 is 24.8 Å². The van der Waals surface area contributed by atoms with Crippen molar-refractivity contribution in [2.75, 3.05) is 26.2 Å². The highest BCUT2D eigenvalue weighted by atomic mass is 35.5. The SMILES string of the molecule is C=C[C@H](c1cccc(C(F)(F)F)c1F)N1CCNCC1.Cl.Cl. The van der Waals surface area contributed by atoms with Gasteiger partial charge >= 0.3 is 6.18 Å². The molecular weight excluding hydrogens is 343 g/mol. The van der Waals surface area contributed by atoms with Crippen LogP contribution in [0.25, 0.3) is 0 Å². The van der Waals surface area contributed by atoms with E-state index < -0.39 is 23.6 Å². The van der Waals surface area contributed by atoms with Gasteiger partial charge in [-0.25, -0.2) is 4.39 Å². The molecule has 2 rings (SSSR count). The molecule has 126 valence electrons. The van der Waals surface area contributed by atoms with Crippen LogP contribution in [0.4, 0.5) is 17.6 Å². The van der Waals surface area contributed by atoms with Crippen molar-refractivity contribution in [1.29, 1.82) is 0 Å². The molecule has 0 bridgehead atoms. The third-order valence-corrected chi connectivity index (χ3v) is 3.42. The van der Waals surface area contributed by atoms with Crippen molar-refractivity contribution in [3.63, 3.8) is 0 Å². The number of piperazine rings is 1. The van der Waals surface area contributed by atoms with E-state index in [9.17, 15) is 17.6 Å². The normalized spacial score (nSPS) is 17.1. The molecule has 0 saturated carbocycles. The molecule has 1 atom stereocenters. The third-order valence-electron chi connectivity index (χ3n) is 3.42. The van der Waals surface area contributed by atoms with E-state index in [1.165, 1.54) is 18.2 Å². The Kier molecular flexibility index (Phi) is 8.39. The first kappa shape index (κ1) is 21.2. The van der Waals surface area contributed by atoms with E-state index in [-0.39, 0.29) is 30.4 Å². The van der Waals surface area contributed by atoms with Gasteiger partial charge in [0.1, 0.15) is 5.82 Å². The van der Waals surface area contributed by atoms with Gasteiger partial charge in [-0.05, 0) is 6.07 Å². The van der Waals surface area contributed by atoms with E-state index in [2.05, 4.69) is 11.9 Å². The van der Waals surface area contributed by atoms with E-state index in [0.717, 1.165) is 19.2 Å². The number of alkyl halides is 3. The molecule has 1 saturated heterocycles. The summed E-state index contributed by atoms with van der Waals surface area (Å²) in [5, 5.41) is 3.15. The van der Waals surface area contributed by atoms with Crippen LogP contribution in [0.5, 0.6) is 0 Å². The van der Waals surface area contributed by atoms with E-state index in [4.69, 9.17) is 0 Å². The second-order valence-electron chi connectivity index (χ2n) is 4.67. The lowest BCUT2D eigenvalue weighted by molar-refractivity contribution is -0.140. The van der Waals surface area contributed by atoms with Crippen molar-refractivity contribution in [3.8, 4) is 0 Å². The average Bonchev–Trinajstić information content (AvgIpc) is 2.41. The van der Waals surface area contributed by atoms with Crippen molar-refractivity contribution in [2.24, 2.45) is 0 Å². The number of hydrogen-bond acceptors (Lipinski definition) is 2. The first-order valence-corrected chi connectivity index (χ1v) is 6.38. The van der Waals surface area contributed by atoms with Crippen LogP contribution in [-0.4, -0.2) is 31.1 Å². The smallest absolute Gasteiger partial charge is 0.314 e. The number of halogens is 6. The molecule has 0 aromatic heterocycles. The summed E-state index contributed by atoms with van der Waals surface area (Å²) >= 11 is 0. The van der Waals surface area contributed by atoms with Crippen LogP contribution in [0.3, 0.4) is 0 Å². The zero-order chi connectivity index (χ0) is 14.8. The van der Waals surface area contributed by atoms with Gasteiger partial charge in [0.25, 0.3) is 0 Å². The van der Waals surface area contributed by atoms with Crippen LogP contribution in [-0.2, 0) is 6.18 Å². The summed E-state index contributed by atoms with van der Waals surface area (Å²) in [6, 6.07) is 2.84. The van der Waals surface area contributed by atoms with Gasteiger partial charge in [-0.15, -0.1) is 31.4 Å². The lowest BCUT2D eigenvalue weighted by Crippen LogP contribution is -2.44. The Hall–Kier alpha value is -0.820. The van der Waals surface area contributed by atoms with Crippen LogP contribution >= 0.6 is 24.8 Å². The molecule has 0 aliphatic carbocycles. The number of benzene rings is 1. The molecule has 22 heavy (non-hydrogen) atoms. The molecule has 1 aromatic rings. The number of hydrogen-bond donors (Lipinski definition) is 1. The first-order chi connectivity index (χ1) is 9.45. The fraction of sp³-hybridized carbons (Fsp3) is 0.429. The summed E-state index contributed by atoms with van der Waals surface area (Å²) in [6.07, 6.45) is -3.20. The molecule has 1 aliphatic heterocycles. The minimum absolute atomic E-state index is 0. The van der Waals surface area contributed by atoms with Crippen molar-refractivity contribution in [1.82, 2.24) is 10.2 Å². The van der Waals surface area contributed by atoms with Gasteiger partial charge in [-0.2, -0.15) is 13.2 Å². The average molecular weight is 361 g/mol. The van der Waals surface area contributed by atoms with Gasteiger partial charge in [0, 0.05) is 31.7 Å². The summed E-state index contributed by atoms with van der Waals surface area (Å²) in [5.41, 5.74) is -1.20. The Labute approximate surface area is 139 Å². The fourth-order valence-electron chi connectivity index (χ4n) is 2.43. The Morgan fingerprint density at radius 1 is 1.18 bits per heavy atom. The third kappa shape index (κ3) is 4.59. The highest BCUT2D eigenvalue weighted by Gasteiger charge is 2.36. The lowest BCUT2D eigenvalue weighted by atomic mass is 10.0. The maximum Gasteiger partial charge on any atom is 0.419 e. The van der Waals surface area contributed by atoms with Gasteiger partial charge in [0.2, 0.25) is 0 Å². The Balaban J connectivity index is 0.00000220. The molecule has 0 unspecified atom stereocenters. The first-order valence-electron chi connectivity index (χ1n) is 6.38. The molecule has 0 spiro atoms. The van der Waals surface area contributed by atoms with Gasteiger partial charge < -0.3 is 5.32 Å². The largest absolute Gasteiger partial charge is 0.419 e. The van der Waals surface area contributed by atoms with E-state index >= 15 is 0 Å². The zero-order valence-corrected chi connectivity index (χ0v) is 13.3. The summed E-state index contributed by atoms with van der Waals surface area (Å²) in [5.74, 6) is -1.21.